The minimum Gasteiger partial charge on any atom is -0.481 e. The van der Waals surface area contributed by atoms with Crippen LogP contribution < -0.4 is 5.73 Å². The van der Waals surface area contributed by atoms with Gasteiger partial charge in [-0.05, 0) is 24.5 Å². The fraction of sp³-hybridized carbons (Fsp3) is 0.533. The first kappa shape index (κ1) is 14.7. The van der Waals surface area contributed by atoms with Gasteiger partial charge >= 0.3 is 5.97 Å². The molecule has 0 saturated carbocycles. The lowest BCUT2D eigenvalue weighted by Gasteiger charge is -2.30. The molecule has 0 radical (unpaired) electrons. The Morgan fingerprint density at radius 3 is 2.50 bits per heavy atom. The largest absolute Gasteiger partial charge is 0.481 e. The normalized spacial score (nSPS) is 14.2. The van der Waals surface area contributed by atoms with Crippen molar-refractivity contribution in [1.29, 1.82) is 0 Å². The van der Waals surface area contributed by atoms with E-state index in [1.807, 2.05) is 31.2 Å². The smallest absolute Gasteiger partial charge is 0.315 e. The van der Waals surface area contributed by atoms with Crippen molar-refractivity contribution in [3.63, 3.8) is 0 Å². The first-order valence-electron chi connectivity index (χ1n) is 6.58. The summed E-state index contributed by atoms with van der Waals surface area (Å²) in [5.74, 6) is -0.810. The van der Waals surface area contributed by atoms with Gasteiger partial charge in [0, 0.05) is 6.54 Å². The Morgan fingerprint density at radius 2 is 2.00 bits per heavy atom. The number of carbonyl (C=O) groups is 1. The van der Waals surface area contributed by atoms with Crippen molar-refractivity contribution in [2.24, 2.45) is 5.73 Å². The van der Waals surface area contributed by atoms with Crippen LogP contribution in [0.5, 0.6) is 0 Å². The van der Waals surface area contributed by atoms with Gasteiger partial charge in [0.25, 0.3) is 0 Å². The summed E-state index contributed by atoms with van der Waals surface area (Å²) in [6, 6.07) is 7.65. The number of aliphatic carboxylic acids is 1. The van der Waals surface area contributed by atoms with E-state index in [4.69, 9.17) is 5.73 Å². The molecule has 3 N–H and O–H groups in total. The molecule has 0 heterocycles. The lowest BCUT2D eigenvalue weighted by atomic mass is 9.74. The third kappa shape index (κ3) is 2.91. The Hall–Kier alpha value is -1.35. The molecule has 100 valence electrons. The highest BCUT2D eigenvalue weighted by Crippen LogP contribution is 2.32. The quantitative estimate of drug-likeness (QED) is 0.730. The molecule has 0 aromatic heterocycles. The van der Waals surface area contributed by atoms with Crippen LogP contribution in [0.3, 0.4) is 0 Å². The summed E-state index contributed by atoms with van der Waals surface area (Å²) in [7, 11) is 0. The lowest BCUT2D eigenvalue weighted by molar-refractivity contribution is -0.143. The molecule has 1 unspecified atom stereocenters. The van der Waals surface area contributed by atoms with Crippen molar-refractivity contribution in [3.05, 3.63) is 35.4 Å². The van der Waals surface area contributed by atoms with Crippen LogP contribution in [0.1, 0.15) is 43.7 Å². The van der Waals surface area contributed by atoms with Gasteiger partial charge in [-0.2, -0.15) is 0 Å². The first-order chi connectivity index (χ1) is 8.58. The topological polar surface area (TPSA) is 63.3 Å². The highest BCUT2D eigenvalue weighted by atomic mass is 16.4. The van der Waals surface area contributed by atoms with E-state index < -0.39 is 11.4 Å². The number of aryl methyl sites for hydroxylation is 1. The fourth-order valence-corrected chi connectivity index (χ4v) is 2.44. The van der Waals surface area contributed by atoms with Gasteiger partial charge in [-0.3, -0.25) is 4.79 Å². The number of nitrogens with two attached hydrogens (primary N) is 1. The van der Waals surface area contributed by atoms with E-state index in [9.17, 15) is 9.90 Å². The van der Waals surface area contributed by atoms with Crippen molar-refractivity contribution >= 4 is 5.97 Å². The number of benzene rings is 1. The van der Waals surface area contributed by atoms with Gasteiger partial charge in [-0.15, -0.1) is 0 Å². The highest BCUT2D eigenvalue weighted by Gasteiger charge is 2.39. The SMILES string of the molecule is CCCCCC(CN)(C(=O)O)c1ccccc1C. The molecule has 0 bridgehead atoms. The summed E-state index contributed by atoms with van der Waals surface area (Å²) in [4.78, 5) is 11.7. The third-order valence-corrected chi connectivity index (χ3v) is 3.63. The monoisotopic (exact) mass is 249 g/mol. The average Bonchev–Trinajstić information content (AvgIpc) is 2.36. The second-order valence-corrected chi connectivity index (χ2v) is 4.86. The van der Waals surface area contributed by atoms with Crippen LogP contribution in [0.4, 0.5) is 0 Å². The molecule has 0 spiro atoms. The molecule has 1 atom stereocenters. The van der Waals surface area contributed by atoms with E-state index in [1.54, 1.807) is 0 Å². The van der Waals surface area contributed by atoms with Gasteiger partial charge < -0.3 is 10.8 Å². The zero-order valence-electron chi connectivity index (χ0n) is 11.3. The summed E-state index contributed by atoms with van der Waals surface area (Å²) in [6.07, 6.45) is 3.63. The van der Waals surface area contributed by atoms with Crippen LogP contribution in [-0.4, -0.2) is 17.6 Å². The van der Waals surface area contributed by atoms with Crippen LogP contribution >= 0.6 is 0 Å². The summed E-state index contributed by atoms with van der Waals surface area (Å²) in [6.45, 7) is 4.21. The van der Waals surface area contributed by atoms with Crippen molar-refractivity contribution in [2.45, 2.75) is 44.9 Å². The Bertz CT molecular complexity index is 403. The van der Waals surface area contributed by atoms with Crippen molar-refractivity contribution in [1.82, 2.24) is 0 Å². The maximum absolute atomic E-state index is 11.7. The Balaban J connectivity index is 3.11. The summed E-state index contributed by atoms with van der Waals surface area (Å²) in [5, 5.41) is 9.62. The highest BCUT2D eigenvalue weighted by molar-refractivity contribution is 5.82. The van der Waals surface area contributed by atoms with Crippen LogP contribution in [0, 0.1) is 6.92 Å². The minimum absolute atomic E-state index is 0.150. The van der Waals surface area contributed by atoms with Crippen LogP contribution in [-0.2, 0) is 10.2 Å². The number of carboxylic acid groups (broad SMARTS) is 1. The Labute approximate surface area is 109 Å². The van der Waals surface area contributed by atoms with Gasteiger partial charge in [0.15, 0.2) is 0 Å². The predicted octanol–water partition coefficient (Wildman–Crippen LogP) is 2.86. The van der Waals surface area contributed by atoms with E-state index >= 15 is 0 Å². The number of rotatable bonds is 7. The number of hydrogen-bond acceptors (Lipinski definition) is 2. The molecule has 0 aliphatic heterocycles. The zero-order valence-corrected chi connectivity index (χ0v) is 11.3. The number of unbranched alkanes of at least 4 members (excludes halogenated alkanes) is 2. The molecule has 18 heavy (non-hydrogen) atoms. The molecule has 1 aromatic carbocycles. The van der Waals surface area contributed by atoms with E-state index in [0.29, 0.717) is 6.42 Å². The zero-order chi connectivity index (χ0) is 13.6. The van der Waals surface area contributed by atoms with Gasteiger partial charge in [-0.25, -0.2) is 0 Å². The number of hydrogen-bond donors (Lipinski definition) is 2. The summed E-state index contributed by atoms with van der Waals surface area (Å²) < 4.78 is 0. The second-order valence-electron chi connectivity index (χ2n) is 4.86. The minimum atomic E-state index is -0.930. The van der Waals surface area contributed by atoms with E-state index in [2.05, 4.69) is 6.92 Å². The Kier molecular flexibility index (Phi) is 5.35. The van der Waals surface area contributed by atoms with Gasteiger partial charge in [-0.1, -0.05) is 50.5 Å². The van der Waals surface area contributed by atoms with E-state index in [1.165, 1.54) is 0 Å². The van der Waals surface area contributed by atoms with Crippen molar-refractivity contribution in [3.8, 4) is 0 Å². The molecule has 3 heteroatoms. The molecule has 0 fully saturated rings. The molecule has 1 rings (SSSR count). The summed E-state index contributed by atoms with van der Waals surface area (Å²) >= 11 is 0. The molecule has 1 aromatic rings. The first-order valence-corrected chi connectivity index (χ1v) is 6.58. The summed E-state index contributed by atoms with van der Waals surface area (Å²) in [5.41, 5.74) is 6.74. The maximum Gasteiger partial charge on any atom is 0.315 e. The van der Waals surface area contributed by atoms with E-state index in [-0.39, 0.29) is 6.54 Å². The Morgan fingerprint density at radius 1 is 1.33 bits per heavy atom. The third-order valence-electron chi connectivity index (χ3n) is 3.63. The molecule has 0 aliphatic carbocycles. The number of carboxylic acids is 1. The van der Waals surface area contributed by atoms with Crippen LogP contribution in [0.25, 0.3) is 0 Å². The molecule has 0 aliphatic rings. The predicted molar refractivity (Wildman–Crippen MR) is 73.7 cm³/mol. The van der Waals surface area contributed by atoms with Crippen molar-refractivity contribution in [2.75, 3.05) is 6.54 Å². The van der Waals surface area contributed by atoms with Gasteiger partial charge in [0.2, 0.25) is 0 Å². The molecule has 0 amide bonds. The second kappa shape index (κ2) is 6.55. The van der Waals surface area contributed by atoms with Gasteiger partial charge in [0.05, 0.1) is 0 Å². The van der Waals surface area contributed by atoms with Crippen LogP contribution in [0.2, 0.25) is 0 Å². The maximum atomic E-state index is 11.7. The average molecular weight is 249 g/mol. The molecular formula is C15H23NO2. The molecule has 3 nitrogen and oxygen atoms in total. The standard InChI is InChI=1S/C15H23NO2/c1-3-4-7-10-15(11-16,14(17)18)13-9-6-5-8-12(13)2/h5-6,8-9H,3-4,7,10-11,16H2,1-2H3,(H,17,18). The molecule has 0 saturated heterocycles. The van der Waals surface area contributed by atoms with Crippen molar-refractivity contribution < 1.29 is 9.90 Å². The lowest BCUT2D eigenvalue weighted by Crippen LogP contribution is -2.43. The van der Waals surface area contributed by atoms with E-state index in [0.717, 1.165) is 30.4 Å². The van der Waals surface area contributed by atoms with Crippen LogP contribution in [0.15, 0.2) is 24.3 Å². The fourth-order valence-electron chi connectivity index (χ4n) is 2.44. The molecular weight excluding hydrogens is 226 g/mol. The van der Waals surface area contributed by atoms with Gasteiger partial charge in [0.1, 0.15) is 5.41 Å².